The monoisotopic (exact) mass is 251 g/mol. The van der Waals surface area contributed by atoms with Crippen molar-refractivity contribution in [2.24, 2.45) is 23.7 Å². The van der Waals surface area contributed by atoms with E-state index in [2.05, 4.69) is 17.5 Å². The molecule has 2 aliphatic carbocycles. The van der Waals surface area contributed by atoms with Gasteiger partial charge in [0.25, 0.3) is 0 Å². The van der Waals surface area contributed by atoms with Crippen molar-refractivity contribution >= 4 is 11.9 Å². The topological polar surface area (TPSA) is 66.4 Å². The minimum atomic E-state index is -0.859. The average Bonchev–Trinajstić information content (AvgIpc) is 2.88. The van der Waals surface area contributed by atoms with Crippen LogP contribution < -0.4 is 5.32 Å². The van der Waals surface area contributed by atoms with Crippen molar-refractivity contribution in [1.82, 2.24) is 5.32 Å². The molecule has 0 radical (unpaired) electrons. The quantitative estimate of drug-likeness (QED) is 0.732. The number of rotatable bonds is 5. The molecule has 0 spiro atoms. The summed E-state index contributed by atoms with van der Waals surface area (Å²) >= 11 is 0. The third kappa shape index (κ3) is 2.74. The van der Waals surface area contributed by atoms with Gasteiger partial charge in [-0.15, -0.1) is 0 Å². The van der Waals surface area contributed by atoms with Crippen LogP contribution in [-0.2, 0) is 9.59 Å². The minimum Gasteiger partial charge on any atom is -0.481 e. The van der Waals surface area contributed by atoms with E-state index < -0.39 is 5.97 Å². The summed E-state index contributed by atoms with van der Waals surface area (Å²) in [6, 6.07) is -0.266. The third-order valence-electron chi connectivity index (χ3n) is 4.14. The number of carbonyl (C=O) groups excluding carboxylic acids is 1. The fourth-order valence-electron chi connectivity index (χ4n) is 3.01. The molecule has 0 aliphatic heterocycles. The van der Waals surface area contributed by atoms with Crippen molar-refractivity contribution in [3.8, 4) is 0 Å². The molecule has 18 heavy (non-hydrogen) atoms. The normalized spacial score (nSPS) is 30.7. The summed E-state index contributed by atoms with van der Waals surface area (Å²) in [5.41, 5.74) is 0. The van der Waals surface area contributed by atoms with Crippen LogP contribution in [0.3, 0.4) is 0 Å². The van der Waals surface area contributed by atoms with Gasteiger partial charge in [0, 0.05) is 12.0 Å². The number of carboxylic acids is 1. The molecule has 2 N–H and O–H groups in total. The maximum atomic E-state index is 12.2. The van der Waals surface area contributed by atoms with E-state index in [0.29, 0.717) is 11.8 Å². The Morgan fingerprint density at radius 1 is 1.33 bits per heavy atom. The SMILES string of the molecule is CC(C)C(CC(=O)O)NC(=O)C1CC2C=CC1C2. The molecule has 0 saturated heterocycles. The maximum Gasteiger partial charge on any atom is 0.305 e. The van der Waals surface area contributed by atoms with E-state index in [0.717, 1.165) is 12.8 Å². The first-order chi connectivity index (χ1) is 8.47. The van der Waals surface area contributed by atoms with Gasteiger partial charge < -0.3 is 10.4 Å². The number of hydrogen-bond acceptors (Lipinski definition) is 2. The summed E-state index contributed by atoms with van der Waals surface area (Å²) in [5.74, 6) is 0.290. The van der Waals surface area contributed by atoms with Gasteiger partial charge in [-0.3, -0.25) is 9.59 Å². The summed E-state index contributed by atoms with van der Waals surface area (Å²) in [5, 5.41) is 11.8. The lowest BCUT2D eigenvalue weighted by molar-refractivity contribution is -0.138. The molecule has 4 nitrogen and oxygen atoms in total. The van der Waals surface area contributed by atoms with Gasteiger partial charge in [0.2, 0.25) is 5.91 Å². The standard InChI is InChI=1S/C14H21NO3/c1-8(2)12(7-13(16)17)15-14(18)11-6-9-3-4-10(11)5-9/h3-4,8-12H,5-7H2,1-2H3,(H,15,18)(H,16,17). The van der Waals surface area contributed by atoms with Crippen LogP contribution in [0.2, 0.25) is 0 Å². The predicted molar refractivity (Wildman–Crippen MR) is 67.9 cm³/mol. The van der Waals surface area contributed by atoms with E-state index in [-0.39, 0.29) is 30.2 Å². The lowest BCUT2D eigenvalue weighted by Gasteiger charge is -2.25. The summed E-state index contributed by atoms with van der Waals surface area (Å²) in [4.78, 5) is 23.0. The van der Waals surface area contributed by atoms with Crippen LogP contribution in [0.4, 0.5) is 0 Å². The Balaban J connectivity index is 1.93. The van der Waals surface area contributed by atoms with Crippen molar-refractivity contribution in [3.05, 3.63) is 12.2 Å². The van der Waals surface area contributed by atoms with Gasteiger partial charge in [0.1, 0.15) is 0 Å². The summed E-state index contributed by atoms with van der Waals surface area (Å²) in [6.07, 6.45) is 6.35. The summed E-state index contributed by atoms with van der Waals surface area (Å²) in [7, 11) is 0. The highest BCUT2D eigenvalue weighted by Gasteiger charge is 2.40. The molecule has 2 rings (SSSR count). The van der Waals surface area contributed by atoms with E-state index >= 15 is 0 Å². The molecule has 0 aromatic carbocycles. The predicted octanol–water partition coefficient (Wildman–Crippen LogP) is 1.81. The van der Waals surface area contributed by atoms with Crippen molar-refractivity contribution < 1.29 is 14.7 Å². The number of aliphatic carboxylic acids is 1. The highest BCUT2D eigenvalue weighted by Crippen LogP contribution is 2.43. The molecule has 1 amide bonds. The molecule has 2 aliphatic rings. The molecule has 0 aromatic heterocycles. The molecule has 0 heterocycles. The second-order valence-corrected chi connectivity index (χ2v) is 5.84. The maximum absolute atomic E-state index is 12.2. The molecule has 1 fully saturated rings. The zero-order valence-corrected chi connectivity index (χ0v) is 10.9. The van der Waals surface area contributed by atoms with Gasteiger partial charge in [-0.25, -0.2) is 0 Å². The first-order valence-corrected chi connectivity index (χ1v) is 6.68. The number of allylic oxidation sites excluding steroid dienone is 2. The second kappa shape index (κ2) is 5.12. The Hall–Kier alpha value is -1.32. The fourth-order valence-corrected chi connectivity index (χ4v) is 3.01. The lowest BCUT2D eigenvalue weighted by atomic mass is 9.91. The molecule has 0 aromatic rings. The van der Waals surface area contributed by atoms with Gasteiger partial charge in [-0.2, -0.15) is 0 Å². The number of carbonyl (C=O) groups is 2. The molecule has 4 atom stereocenters. The van der Waals surface area contributed by atoms with E-state index in [1.165, 1.54) is 0 Å². The van der Waals surface area contributed by atoms with Gasteiger partial charge in [-0.1, -0.05) is 26.0 Å². The van der Waals surface area contributed by atoms with E-state index in [1.807, 2.05) is 13.8 Å². The molecular weight excluding hydrogens is 230 g/mol. The largest absolute Gasteiger partial charge is 0.481 e. The second-order valence-electron chi connectivity index (χ2n) is 5.84. The van der Waals surface area contributed by atoms with Crippen LogP contribution in [0.5, 0.6) is 0 Å². The number of fused-ring (bicyclic) bond motifs is 2. The molecule has 4 heteroatoms. The molecule has 2 bridgehead atoms. The smallest absolute Gasteiger partial charge is 0.305 e. The van der Waals surface area contributed by atoms with Crippen LogP contribution >= 0.6 is 0 Å². The number of hydrogen-bond donors (Lipinski definition) is 2. The minimum absolute atomic E-state index is 0.0000607. The molecule has 1 saturated carbocycles. The van der Waals surface area contributed by atoms with Crippen molar-refractivity contribution in [3.63, 3.8) is 0 Å². The zero-order chi connectivity index (χ0) is 13.3. The molecule has 4 unspecified atom stereocenters. The Kier molecular flexibility index (Phi) is 3.73. The first-order valence-electron chi connectivity index (χ1n) is 6.68. The highest BCUT2D eigenvalue weighted by atomic mass is 16.4. The van der Waals surface area contributed by atoms with E-state index in [4.69, 9.17) is 5.11 Å². The van der Waals surface area contributed by atoms with E-state index in [1.54, 1.807) is 0 Å². The average molecular weight is 251 g/mol. The third-order valence-corrected chi connectivity index (χ3v) is 4.14. The van der Waals surface area contributed by atoms with Crippen LogP contribution in [0.15, 0.2) is 12.2 Å². The Bertz CT molecular complexity index is 375. The highest BCUT2D eigenvalue weighted by molar-refractivity contribution is 5.81. The number of carboxylic acid groups (broad SMARTS) is 1. The summed E-state index contributed by atoms with van der Waals surface area (Å²) < 4.78 is 0. The van der Waals surface area contributed by atoms with Gasteiger partial charge in [0.05, 0.1) is 6.42 Å². The fraction of sp³-hybridized carbons (Fsp3) is 0.714. The Morgan fingerprint density at radius 2 is 2.06 bits per heavy atom. The number of amides is 1. The van der Waals surface area contributed by atoms with Crippen LogP contribution in [0, 0.1) is 23.7 Å². The molecule has 100 valence electrons. The molecular formula is C14H21NO3. The van der Waals surface area contributed by atoms with Crippen LogP contribution in [-0.4, -0.2) is 23.0 Å². The van der Waals surface area contributed by atoms with Crippen LogP contribution in [0.25, 0.3) is 0 Å². The van der Waals surface area contributed by atoms with Crippen molar-refractivity contribution in [1.29, 1.82) is 0 Å². The van der Waals surface area contributed by atoms with E-state index in [9.17, 15) is 9.59 Å². The lowest BCUT2D eigenvalue weighted by Crippen LogP contribution is -2.43. The van der Waals surface area contributed by atoms with Crippen LogP contribution in [0.1, 0.15) is 33.1 Å². The Morgan fingerprint density at radius 3 is 2.50 bits per heavy atom. The number of nitrogens with one attached hydrogen (secondary N) is 1. The van der Waals surface area contributed by atoms with Crippen molar-refractivity contribution in [2.75, 3.05) is 0 Å². The van der Waals surface area contributed by atoms with Gasteiger partial charge in [-0.05, 0) is 30.6 Å². The Labute approximate surface area is 107 Å². The zero-order valence-electron chi connectivity index (χ0n) is 10.9. The van der Waals surface area contributed by atoms with Gasteiger partial charge >= 0.3 is 5.97 Å². The van der Waals surface area contributed by atoms with Crippen molar-refractivity contribution in [2.45, 2.75) is 39.2 Å². The van der Waals surface area contributed by atoms with Gasteiger partial charge in [0.15, 0.2) is 0 Å². The summed E-state index contributed by atoms with van der Waals surface area (Å²) in [6.45, 7) is 3.88. The first kappa shape index (κ1) is 13.1.